The third-order valence-electron chi connectivity index (χ3n) is 4.03. The van der Waals surface area contributed by atoms with Crippen molar-refractivity contribution in [3.63, 3.8) is 0 Å². The smallest absolute Gasteiger partial charge is 0.241 e. The zero-order valence-electron chi connectivity index (χ0n) is 14.3. The molecule has 0 aliphatic rings. The largest absolute Gasteiger partial charge is 0.349 e. The van der Waals surface area contributed by atoms with Crippen LogP contribution in [0.3, 0.4) is 0 Å². The monoisotopic (exact) mass is 324 g/mol. The fourth-order valence-electron chi connectivity index (χ4n) is 2.86. The molecule has 25 heavy (non-hydrogen) atoms. The van der Waals surface area contributed by atoms with Crippen molar-refractivity contribution < 1.29 is 0 Å². The van der Waals surface area contributed by atoms with Crippen LogP contribution in [0, 0.1) is 6.92 Å². The van der Waals surface area contributed by atoms with Gasteiger partial charge in [0.15, 0.2) is 0 Å². The van der Waals surface area contributed by atoms with Gasteiger partial charge in [-0.05, 0) is 6.92 Å². The Morgan fingerprint density at radius 1 is 0.640 bits per heavy atom. The standard InChI is InChI=1S/C18H15B.C4H6N2/c1-4-10-16(11-5-1)19(17-12-6-2-7-13-17)18-14-8-3-9-15-18;1-4-5-2-3-6-4/h1-15H;2-3H,1H3,(H,5,6). The highest BCUT2D eigenvalue weighted by molar-refractivity contribution is 6.95. The van der Waals surface area contributed by atoms with Crippen LogP contribution in [-0.4, -0.2) is 16.7 Å². The van der Waals surface area contributed by atoms with E-state index < -0.39 is 0 Å². The molecule has 1 aromatic heterocycles. The molecular formula is C22H21BN2. The summed E-state index contributed by atoms with van der Waals surface area (Å²) >= 11 is 0. The molecule has 0 fully saturated rings. The Labute approximate surface area is 149 Å². The molecule has 0 atom stereocenters. The molecule has 0 saturated carbocycles. The molecule has 0 spiro atoms. The second-order valence-corrected chi connectivity index (χ2v) is 5.84. The fraction of sp³-hybridized carbons (Fsp3) is 0.0455. The summed E-state index contributed by atoms with van der Waals surface area (Å²) in [5.74, 6) is 0.968. The number of hydrogen-bond donors (Lipinski definition) is 1. The highest BCUT2D eigenvalue weighted by atomic mass is 14.9. The molecule has 0 bridgehead atoms. The van der Waals surface area contributed by atoms with E-state index in [4.69, 9.17) is 0 Å². The van der Waals surface area contributed by atoms with Crippen molar-refractivity contribution in [3.05, 3.63) is 109 Å². The average Bonchev–Trinajstić information content (AvgIpc) is 3.16. The van der Waals surface area contributed by atoms with Gasteiger partial charge in [-0.2, -0.15) is 0 Å². The van der Waals surface area contributed by atoms with E-state index in [1.165, 1.54) is 16.4 Å². The van der Waals surface area contributed by atoms with Crippen molar-refractivity contribution in [2.75, 3.05) is 0 Å². The van der Waals surface area contributed by atoms with Gasteiger partial charge >= 0.3 is 0 Å². The zero-order chi connectivity index (χ0) is 17.3. The Morgan fingerprint density at radius 2 is 1.04 bits per heavy atom. The first-order valence-corrected chi connectivity index (χ1v) is 8.45. The van der Waals surface area contributed by atoms with Gasteiger partial charge in [0.25, 0.3) is 0 Å². The third-order valence-corrected chi connectivity index (χ3v) is 4.03. The molecule has 0 radical (unpaired) electrons. The normalized spacial score (nSPS) is 9.80. The number of imidazole rings is 1. The van der Waals surface area contributed by atoms with E-state index >= 15 is 0 Å². The van der Waals surface area contributed by atoms with Gasteiger partial charge in [0.1, 0.15) is 5.82 Å². The molecular weight excluding hydrogens is 303 g/mol. The molecule has 4 rings (SSSR count). The summed E-state index contributed by atoms with van der Waals surface area (Å²) in [5.41, 5.74) is 4.00. The molecule has 4 aromatic rings. The molecule has 3 heteroatoms. The lowest BCUT2D eigenvalue weighted by molar-refractivity contribution is 1.15. The number of benzene rings is 3. The number of aromatic nitrogens is 2. The highest BCUT2D eigenvalue weighted by Crippen LogP contribution is 1.95. The maximum Gasteiger partial charge on any atom is 0.241 e. The molecule has 122 valence electrons. The van der Waals surface area contributed by atoms with E-state index in [-0.39, 0.29) is 0 Å². The van der Waals surface area contributed by atoms with Crippen molar-refractivity contribution in [1.82, 2.24) is 9.97 Å². The fourth-order valence-corrected chi connectivity index (χ4v) is 2.86. The number of rotatable bonds is 3. The van der Waals surface area contributed by atoms with Crippen molar-refractivity contribution >= 4 is 23.1 Å². The number of hydrogen-bond acceptors (Lipinski definition) is 1. The summed E-state index contributed by atoms with van der Waals surface area (Å²) in [6.07, 6.45) is 3.53. The van der Waals surface area contributed by atoms with Crippen LogP contribution in [0.15, 0.2) is 103 Å². The molecule has 0 saturated heterocycles. The SMILES string of the molecule is Cc1ncc[nH]1.c1ccc(B(c2ccccc2)c2ccccc2)cc1. The Kier molecular flexibility index (Phi) is 5.84. The molecule has 0 unspecified atom stereocenters. The van der Waals surface area contributed by atoms with Crippen LogP contribution in [0.4, 0.5) is 0 Å². The quantitative estimate of drug-likeness (QED) is 0.577. The van der Waals surface area contributed by atoms with Crippen LogP contribution in [-0.2, 0) is 0 Å². The van der Waals surface area contributed by atoms with E-state index in [2.05, 4.69) is 101 Å². The van der Waals surface area contributed by atoms with Crippen LogP contribution in [0.25, 0.3) is 0 Å². The van der Waals surface area contributed by atoms with E-state index in [9.17, 15) is 0 Å². The minimum Gasteiger partial charge on any atom is -0.349 e. The summed E-state index contributed by atoms with van der Waals surface area (Å²) in [4.78, 5) is 6.75. The lowest BCUT2D eigenvalue weighted by atomic mass is 9.37. The third kappa shape index (κ3) is 4.71. The predicted molar refractivity (Wildman–Crippen MR) is 107 cm³/mol. The van der Waals surface area contributed by atoms with Crippen LogP contribution in [0.5, 0.6) is 0 Å². The first-order valence-electron chi connectivity index (χ1n) is 8.45. The van der Waals surface area contributed by atoms with E-state index in [1.54, 1.807) is 12.4 Å². The summed E-state index contributed by atoms with van der Waals surface area (Å²) in [5, 5.41) is 0. The Balaban J connectivity index is 0.000000258. The molecule has 2 nitrogen and oxygen atoms in total. The number of nitrogens with zero attached hydrogens (tertiary/aromatic N) is 1. The van der Waals surface area contributed by atoms with Gasteiger partial charge in [-0.25, -0.2) is 4.98 Å². The molecule has 0 amide bonds. The first-order chi connectivity index (χ1) is 12.3. The Bertz CT molecular complexity index is 751. The van der Waals surface area contributed by atoms with Gasteiger partial charge in [0.2, 0.25) is 6.71 Å². The van der Waals surface area contributed by atoms with Crippen LogP contribution >= 0.6 is 0 Å². The molecule has 1 heterocycles. The summed E-state index contributed by atoms with van der Waals surface area (Å²) in [6, 6.07) is 32.0. The number of H-pyrrole nitrogens is 1. The summed E-state index contributed by atoms with van der Waals surface area (Å²) in [6.45, 7) is 2.23. The van der Waals surface area contributed by atoms with Gasteiger partial charge in [-0.1, -0.05) is 107 Å². The topological polar surface area (TPSA) is 28.7 Å². The van der Waals surface area contributed by atoms with Crippen molar-refractivity contribution in [2.24, 2.45) is 0 Å². The number of aryl methyl sites for hydroxylation is 1. The van der Waals surface area contributed by atoms with Gasteiger partial charge < -0.3 is 4.98 Å². The van der Waals surface area contributed by atoms with Crippen molar-refractivity contribution in [1.29, 1.82) is 0 Å². The van der Waals surface area contributed by atoms with Gasteiger partial charge in [-0.15, -0.1) is 0 Å². The number of nitrogens with one attached hydrogen (secondary N) is 1. The predicted octanol–water partition coefficient (Wildman–Crippen LogP) is 2.92. The maximum absolute atomic E-state index is 3.86. The van der Waals surface area contributed by atoms with Crippen LogP contribution < -0.4 is 16.4 Å². The zero-order valence-corrected chi connectivity index (χ0v) is 14.3. The van der Waals surface area contributed by atoms with Crippen LogP contribution in [0.1, 0.15) is 5.82 Å². The molecule has 0 aliphatic carbocycles. The van der Waals surface area contributed by atoms with Gasteiger partial charge in [0, 0.05) is 12.4 Å². The second-order valence-electron chi connectivity index (χ2n) is 5.84. The highest BCUT2D eigenvalue weighted by Gasteiger charge is 2.20. The number of aromatic amines is 1. The van der Waals surface area contributed by atoms with Crippen LogP contribution in [0.2, 0.25) is 0 Å². The van der Waals surface area contributed by atoms with Gasteiger partial charge in [0.05, 0.1) is 0 Å². The van der Waals surface area contributed by atoms with Gasteiger partial charge in [-0.3, -0.25) is 0 Å². The minimum absolute atomic E-state index is 0.309. The summed E-state index contributed by atoms with van der Waals surface area (Å²) < 4.78 is 0. The van der Waals surface area contributed by atoms with E-state index in [0.717, 1.165) is 5.82 Å². The van der Waals surface area contributed by atoms with E-state index in [0.29, 0.717) is 6.71 Å². The lowest BCUT2D eigenvalue weighted by Gasteiger charge is -2.15. The Hall–Kier alpha value is -3.07. The molecule has 0 aliphatic heterocycles. The minimum atomic E-state index is 0.309. The second kappa shape index (κ2) is 8.69. The molecule has 1 N–H and O–H groups in total. The lowest BCUT2D eigenvalue weighted by Crippen LogP contribution is -2.51. The van der Waals surface area contributed by atoms with Crippen molar-refractivity contribution in [2.45, 2.75) is 6.92 Å². The van der Waals surface area contributed by atoms with Crippen molar-refractivity contribution in [3.8, 4) is 0 Å². The summed E-state index contributed by atoms with van der Waals surface area (Å²) in [7, 11) is 0. The average molecular weight is 324 g/mol. The first kappa shape index (κ1) is 16.8. The maximum atomic E-state index is 3.86. The Morgan fingerprint density at radius 3 is 1.28 bits per heavy atom. The molecule has 3 aromatic carbocycles. The van der Waals surface area contributed by atoms with E-state index in [1.807, 2.05) is 6.92 Å².